The summed E-state index contributed by atoms with van der Waals surface area (Å²) in [6, 6.07) is 0. The van der Waals surface area contributed by atoms with E-state index < -0.39 is 0 Å². The van der Waals surface area contributed by atoms with Gasteiger partial charge in [-0.05, 0) is 55.4 Å². The largest absolute Gasteiger partial charge is 0.303 e. The van der Waals surface area contributed by atoms with Gasteiger partial charge in [-0.25, -0.2) is 0 Å². The molecule has 0 unspecified atom stereocenters. The molecule has 0 aromatic heterocycles. The van der Waals surface area contributed by atoms with Crippen molar-refractivity contribution in [1.82, 2.24) is 4.90 Å². The number of hydrogen-bond donors (Lipinski definition) is 1. The van der Waals surface area contributed by atoms with Crippen LogP contribution >= 0.6 is 12.6 Å². The first-order chi connectivity index (χ1) is 8.11. The first-order valence-electron chi connectivity index (χ1n) is 7.45. The standard InChI is InChI=1S/C15H29NS/c1-3-14(2)8-10-16(11-9-14)12-15(13-17)6-4-5-7-15/h17H,3-13H2,1-2H3. The highest BCUT2D eigenvalue weighted by Gasteiger charge is 2.36. The van der Waals surface area contributed by atoms with Gasteiger partial charge in [0.05, 0.1) is 0 Å². The molecule has 1 aliphatic carbocycles. The smallest absolute Gasteiger partial charge is 0.00458 e. The van der Waals surface area contributed by atoms with Crippen LogP contribution < -0.4 is 0 Å². The van der Waals surface area contributed by atoms with Crippen LogP contribution in [0, 0.1) is 10.8 Å². The highest BCUT2D eigenvalue weighted by atomic mass is 32.1. The molecule has 2 aliphatic rings. The SMILES string of the molecule is CCC1(C)CCN(CC2(CS)CCCC2)CC1. The molecule has 2 heteroatoms. The molecule has 17 heavy (non-hydrogen) atoms. The van der Waals surface area contributed by atoms with Gasteiger partial charge in [-0.15, -0.1) is 0 Å². The lowest BCUT2D eigenvalue weighted by atomic mass is 9.77. The number of piperidine rings is 1. The van der Waals surface area contributed by atoms with Gasteiger partial charge in [0.15, 0.2) is 0 Å². The van der Waals surface area contributed by atoms with Crippen LogP contribution in [0.5, 0.6) is 0 Å². The lowest BCUT2D eigenvalue weighted by Gasteiger charge is -2.42. The van der Waals surface area contributed by atoms with E-state index in [0.29, 0.717) is 10.8 Å². The van der Waals surface area contributed by atoms with Gasteiger partial charge in [-0.1, -0.05) is 33.1 Å². The zero-order valence-electron chi connectivity index (χ0n) is 11.7. The van der Waals surface area contributed by atoms with Gasteiger partial charge in [-0.2, -0.15) is 12.6 Å². The van der Waals surface area contributed by atoms with Crippen LogP contribution in [0.25, 0.3) is 0 Å². The van der Waals surface area contributed by atoms with Crippen LogP contribution in [0.15, 0.2) is 0 Å². The molecule has 0 bridgehead atoms. The quantitative estimate of drug-likeness (QED) is 0.744. The Kier molecular flexibility index (Phi) is 4.46. The molecule has 0 radical (unpaired) electrons. The van der Waals surface area contributed by atoms with E-state index in [1.54, 1.807) is 0 Å². The minimum atomic E-state index is 0.559. The summed E-state index contributed by atoms with van der Waals surface area (Å²) in [4.78, 5) is 2.72. The Labute approximate surface area is 113 Å². The first-order valence-corrected chi connectivity index (χ1v) is 8.08. The Balaban J connectivity index is 1.85. The average molecular weight is 255 g/mol. The molecule has 2 fully saturated rings. The maximum Gasteiger partial charge on any atom is 0.00458 e. The average Bonchev–Trinajstić information content (AvgIpc) is 2.82. The van der Waals surface area contributed by atoms with Crippen molar-refractivity contribution in [1.29, 1.82) is 0 Å². The van der Waals surface area contributed by atoms with Crippen LogP contribution in [-0.4, -0.2) is 30.3 Å². The molecule has 0 amide bonds. The molecule has 0 atom stereocenters. The van der Waals surface area contributed by atoms with Gasteiger partial charge in [0.25, 0.3) is 0 Å². The van der Waals surface area contributed by atoms with E-state index in [4.69, 9.17) is 0 Å². The summed E-state index contributed by atoms with van der Waals surface area (Å²) in [5.74, 6) is 1.09. The Morgan fingerprint density at radius 1 is 1.06 bits per heavy atom. The fraction of sp³-hybridized carbons (Fsp3) is 1.00. The second-order valence-electron chi connectivity index (χ2n) is 6.81. The third kappa shape index (κ3) is 3.20. The minimum absolute atomic E-state index is 0.559. The van der Waals surface area contributed by atoms with Crippen molar-refractivity contribution in [2.45, 2.75) is 58.8 Å². The second-order valence-corrected chi connectivity index (χ2v) is 7.12. The van der Waals surface area contributed by atoms with Crippen molar-refractivity contribution in [2.24, 2.45) is 10.8 Å². The van der Waals surface area contributed by atoms with Gasteiger partial charge in [0.2, 0.25) is 0 Å². The summed E-state index contributed by atoms with van der Waals surface area (Å²) in [7, 11) is 0. The fourth-order valence-electron chi connectivity index (χ4n) is 3.57. The van der Waals surface area contributed by atoms with E-state index in [0.717, 1.165) is 5.75 Å². The van der Waals surface area contributed by atoms with Gasteiger partial charge in [0, 0.05) is 6.54 Å². The van der Waals surface area contributed by atoms with E-state index in [1.165, 1.54) is 64.6 Å². The molecule has 1 saturated heterocycles. The third-order valence-electron chi connectivity index (χ3n) is 5.48. The summed E-state index contributed by atoms with van der Waals surface area (Å²) in [6.45, 7) is 8.77. The molecule has 2 rings (SSSR count). The van der Waals surface area contributed by atoms with Crippen molar-refractivity contribution in [3.8, 4) is 0 Å². The van der Waals surface area contributed by atoms with Crippen LogP contribution in [0.4, 0.5) is 0 Å². The van der Waals surface area contributed by atoms with E-state index >= 15 is 0 Å². The molecule has 1 nitrogen and oxygen atoms in total. The predicted molar refractivity (Wildman–Crippen MR) is 78.8 cm³/mol. The molecule has 1 aliphatic heterocycles. The summed E-state index contributed by atoms with van der Waals surface area (Å²) < 4.78 is 0. The Bertz CT molecular complexity index is 237. The molecule has 0 aromatic carbocycles. The van der Waals surface area contributed by atoms with Crippen LogP contribution in [0.3, 0.4) is 0 Å². The van der Waals surface area contributed by atoms with Gasteiger partial charge in [-0.3, -0.25) is 0 Å². The summed E-state index contributed by atoms with van der Waals surface area (Å²) in [5, 5.41) is 0. The zero-order chi connectivity index (χ0) is 12.4. The van der Waals surface area contributed by atoms with Gasteiger partial charge in [0.1, 0.15) is 0 Å². The molecule has 1 heterocycles. The molecular formula is C15H29NS. The van der Waals surface area contributed by atoms with E-state index in [2.05, 4.69) is 31.4 Å². The van der Waals surface area contributed by atoms with Crippen molar-refractivity contribution in [2.75, 3.05) is 25.4 Å². The highest BCUT2D eigenvalue weighted by molar-refractivity contribution is 7.80. The molecule has 0 spiro atoms. The molecule has 1 saturated carbocycles. The van der Waals surface area contributed by atoms with Crippen LogP contribution in [0.2, 0.25) is 0 Å². The molecule has 100 valence electrons. The fourth-order valence-corrected chi connectivity index (χ4v) is 3.99. The van der Waals surface area contributed by atoms with Gasteiger partial charge >= 0.3 is 0 Å². The number of likely N-dealkylation sites (tertiary alicyclic amines) is 1. The Morgan fingerprint density at radius 2 is 1.65 bits per heavy atom. The monoisotopic (exact) mass is 255 g/mol. The summed E-state index contributed by atoms with van der Waals surface area (Å²) in [6.07, 6.45) is 9.83. The minimum Gasteiger partial charge on any atom is -0.303 e. The lowest BCUT2D eigenvalue weighted by Crippen LogP contribution is -2.44. The van der Waals surface area contributed by atoms with Gasteiger partial charge < -0.3 is 4.90 Å². The number of hydrogen-bond acceptors (Lipinski definition) is 2. The topological polar surface area (TPSA) is 3.24 Å². The second kappa shape index (κ2) is 5.52. The molecular weight excluding hydrogens is 226 g/mol. The predicted octanol–water partition coefficient (Wildman–Crippen LogP) is 3.99. The first kappa shape index (κ1) is 13.7. The number of nitrogens with zero attached hydrogens (tertiary/aromatic N) is 1. The lowest BCUT2D eigenvalue weighted by molar-refractivity contribution is 0.0808. The van der Waals surface area contributed by atoms with Crippen molar-refractivity contribution >= 4 is 12.6 Å². The number of rotatable bonds is 4. The molecule has 0 N–H and O–H groups in total. The maximum absolute atomic E-state index is 4.63. The summed E-state index contributed by atoms with van der Waals surface area (Å²) >= 11 is 4.63. The van der Waals surface area contributed by atoms with Crippen LogP contribution in [0.1, 0.15) is 58.8 Å². The van der Waals surface area contributed by atoms with Crippen molar-refractivity contribution in [3.63, 3.8) is 0 Å². The normalized spacial score (nSPS) is 28.4. The van der Waals surface area contributed by atoms with Crippen LogP contribution in [-0.2, 0) is 0 Å². The van der Waals surface area contributed by atoms with Crippen molar-refractivity contribution in [3.05, 3.63) is 0 Å². The third-order valence-corrected chi connectivity index (χ3v) is 6.15. The summed E-state index contributed by atoms with van der Waals surface area (Å²) in [5.41, 5.74) is 1.18. The van der Waals surface area contributed by atoms with E-state index in [9.17, 15) is 0 Å². The highest BCUT2D eigenvalue weighted by Crippen LogP contribution is 2.41. The Hall–Kier alpha value is 0.310. The maximum atomic E-state index is 4.63. The molecule has 0 aromatic rings. The van der Waals surface area contributed by atoms with E-state index in [1.807, 2.05) is 0 Å². The Morgan fingerprint density at radius 3 is 2.12 bits per heavy atom. The number of thiol groups is 1. The van der Waals surface area contributed by atoms with E-state index in [-0.39, 0.29) is 0 Å². The zero-order valence-corrected chi connectivity index (χ0v) is 12.6. The van der Waals surface area contributed by atoms with Crippen molar-refractivity contribution < 1.29 is 0 Å².